The second-order valence-corrected chi connectivity index (χ2v) is 32.8. The molecule has 0 amide bonds. The van der Waals surface area contributed by atoms with Crippen LogP contribution < -0.4 is 17.0 Å². The molecule has 2 N–H and O–H groups in total. The van der Waals surface area contributed by atoms with Crippen LogP contribution in [0.3, 0.4) is 0 Å². The van der Waals surface area contributed by atoms with Crippen LogP contribution in [-0.4, -0.2) is 59.4 Å². The van der Waals surface area contributed by atoms with Crippen LogP contribution in [0.4, 0.5) is 0 Å². The van der Waals surface area contributed by atoms with Crippen molar-refractivity contribution in [1.82, 2.24) is 0 Å². The van der Waals surface area contributed by atoms with Gasteiger partial charge in [0.2, 0.25) is 0 Å². The van der Waals surface area contributed by atoms with Crippen molar-refractivity contribution in [2.75, 3.05) is 14.2 Å². The maximum absolute atomic E-state index is 15.3. The van der Waals surface area contributed by atoms with Crippen LogP contribution >= 0.6 is 15.9 Å². The summed E-state index contributed by atoms with van der Waals surface area (Å²) in [5, 5.41) is 58.1. The molecule has 0 heterocycles. The van der Waals surface area contributed by atoms with Crippen molar-refractivity contribution >= 4 is 180 Å². The van der Waals surface area contributed by atoms with Crippen LogP contribution in [0.25, 0.3) is 129 Å². The minimum absolute atomic E-state index is 0. The topological polar surface area (TPSA) is 93.1 Å². The van der Waals surface area contributed by atoms with E-state index in [9.17, 15) is 9.59 Å². The van der Waals surface area contributed by atoms with E-state index in [1.165, 1.54) is 57.3 Å². The molecule has 18 aromatic carbocycles. The van der Waals surface area contributed by atoms with Crippen LogP contribution in [0.2, 0.25) is 0 Å². The summed E-state index contributed by atoms with van der Waals surface area (Å²) in [5.74, 6) is -2.30. The number of fused-ring (bicyclic) bond motifs is 18. The van der Waals surface area contributed by atoms with Crippen molar-refractivity contribution in [2.24, 2.45) is 34.5 Å². The van der Waals surface area contributed by atoms with E-state index in [1.807, 2.05) is 19.9 Å². The third-order valence-electron chi connectivity index (χ3n) is 24.1. The van der Waals surface area contributed by atoms with Crippen molar-refractivity contribution in [1.29, 1.82) is 0 Å². The SMILES string of the molecule is Brc1cc2ccccc2c2ccccc12.CC1(C)C[C@@H](C(O)(c2cc3ccccc3c3ccccc23)c2cc3ccccc3c3ccccc23)[C@H](C(O)(c2cc3ccccc3c3ccccc23)c2cc3ccccc3c3ccccc23)C1.COC(=O)[C@@H]1CC(C)(C)C[C@H]1C(=O)OC.[Br-].[Mg+2].[c-]1cc2ccccc2c2ccccc12. The summed E-state index contributed by atoms with van der Waals surface area (Å²) in [6.45, 7) is 8.78. The van der Waals surface area contributed by atoms with Crippen molar-refractivity contribution in [2.45, 2.75) is 64.6 Å². The van der Waals surface area contributed by atoms with E-state index in [1.54, 1.807) is 0 Å². The number of hydrogen-bond donors (Lipinski definition) is 2. The Labute approximate surface area is 694 Å². The normalized spacial score (nSPS) is 16.5. The molecule has 9 heteroatoms. The summed E-state index contributed by atoms with van der Waals surface area (Å²) in [5.41, 5.74) is -0.0490. The second kappa shape index (κ2) is 31.9. The fourth-order valence-electron chi connectivity index (χ4n) is 19.2. The van der Waals surface area contributed by atoms with Crippen molar-refractivity contribution < 1.29 is 46.3 Å². The first-order chi connectivity index (χ1) is 53.9. The van der Waals surface area contributed by atoms with E-state index in [4.69, 9.17) is 9.47 Å². The number of halogens is 2. The molecule has 2 aliphatic carbocycles. The third-order valence-corrected chi connectivity index (χ3v) is 24.8. The van der Waals surface area contributed by atoms with E-state index >= 15 is 10.2 Å². The second-order valence-electron chi connectivity index (χ2n) is 32.0. The fraction of sp³-hybridized carbons (Fsp3) is 0.173. The van der Waals surface area contributed by atoms with Gasteiger partial charge < -0.3 is 36.7 Å². The van der Waals surface area contributed by atoms with Gasteiger partial charge in [-0.1, -0.05) is 333 Å². The van der Waals surface area contributed by atoms with Gasteiger partial charge in [-0.15, -0.1) is 35.0 Å². The smallest absolute Gasteiger partial charge is 1.00 e. The monoisotopic (exact) mass is 1610 g/mol. The average molecular weight is 1620 g/mol. The Hall–Kier alpha value is -10.3. The molecule has 0 spiro atoms. The van der Waals surface area contributed by atoms with Gasteiger partial charge in [0.05, 0.1) is 26.1 Å². The molecule has 0 unspecified atom stereocenters. The van der Waals surface area contributed by atoms with Gasteiger partial charge in [-0.3, -0.25) is 9.59 Å². The van der Waals surface area contributed by atoms with Gasteiger partial charge in [0.1, 0.15) is 11.2 Å². The van der Waals surface area contributed by atoms with Crippen molar-refractivity contribution in [3.05, 3.63) is 360 Å². The molecular weight excluding hydrogens is 1530 g/mol. The Bertz CT molecular complexity index is 6110. The number of carbonyl (C=O) groups excluding carboxylic acids is 2. The Morgan fingerprint density at radius 1 is 0.327 bits per heavy atom. The number of ether oxygens (including phenoxy) is 2. The van der Waals surface area contributed by atoms with Gasteiger partial charge in [-0.25, -0.2) is 0 Å². The molecule has 18 aromatic rings. The molecule has 4 atom stereocenters. The Kier molecular flexibility index (Phi) is 22.0. The summed E-state index contributed by atoms with van der Waals surface area (Å²) in [6.07, 6.45) is 2.69. The van der Waals surface area contributed by atoms with E-state index in [2.05, 4.69) is 357 Å². The minimum Gasteiger partial charge on any atom is -1.00 e. The molecule has 0 radical (unpaired) electrons. The molecule has 113 heavy (non-hydrogen) atoms. The predicted octanol–water partition coefficient (Wildman–Crippen LogP) is 22.7. The number of methoxy groups -OCH3 is 2. The summed E-state index contributed by atoms with van der Waals surface area (Å²) >= 11 is 3.62. The number of hydrogen-bond acceptors (Lipinski definition) is 6. The summed E-state index contributed by atoms with van der Waals surface area (Å²) in [4.78, 5) is 23.0. The van der Waals surface area contributed by atoms with Crippen LogP contribution in [0, 0.1) is 40.6 Å². The first-order valence-corrected chi connectivity index (χ1v) is 39.3. The molecule has 2 fully saturated rings. The van der Waals surface area contributed by atoms with Crippen LogP contribution in [0.1, 0.15) is 75.6 Å². The molecule has 554 valence electrons. The summed E-state index contributed by atoms with van der Waals surface area (Å²) < 4.78 is 10.6. The van der Waals surface area contributed by atoms with Crippen LogP contribution in [0.15, 0.2) is 332 Å². The quantitative estimate of drug-likeness (QED) is 0.0681. The van der Waals surface area contributed by atoms with E-state index in [0.717, 1.165) is 113 Å². The maximum atomic E-state index is 15.3. The molecule has 0 aromatic heterocycles. The van der Waals surface area contributed by atoms with Gasteiger partial charge in [0.15, 0.2) is 0 Å². The van der Waals surface area contributed by atoms with Gasteiger partial charge in [0.25, 0.3) is 0 Å². The zero-order chi connectivity index (χ0) is 76.3. The van der Waals surface area contributed by atoms with Gasteiger partial charge >= 0.3 is 35.0 Å². The third kappa shape index (κ3) is 14.2. The number of esters is 2. The molecule has 0 aliphatic heterocycles. The number of carbonyl (C=O) groups is 2. The summed E-state index contributed by atoms with van der Waals surface area (Å²) in [7, 11) is 2.70. The molecule has 0 saturated heterocycles. The molecular formula is C104H86Br2MgO6. The molecule has 2 saturated carbocycles. The fourth-order valence-corrected chi connectivity index (χ4v) is 19.8. The Morgan fingerprint density at radius 2 is 0.558 bits per heavy atom. The number of benzene rings is 18. The first kappa shape index (κ1) is 78.0. The number of aliphatic hydroxyl groups is 2. The van der Waals surface area contributed by atoms with Gasteiger partial charge in [-0.05, 0) is 197 Å². The summed E-state index contributed by atoms with van der Waals surface area (Å²) in [6, 6.07) is 119. The Balaban J connectivity index is 0.000000175. The van der Waals surface area contributed by atoms with E-state index < -0.39 is 23.0 Å². The maximum Gasteiger partial charge on any atom is 2.00 e. The number of rotatable bonds is 8. The molecule has 6 nitrogen and oxygen atoms in total. The Morgan fingerprint density at radius 3 is 0.876 bits per heavy atom. The minimum atomic E-state index is -1.61. The van der Waals surface area contributed by atoms with Gasteiger partial charge in [0, 0.05) is 16.3 Å². The first-order valence-electron chi connectivity index (χ1n) is 38.5. The standard InChI is InChI=1S/C65H50O2.C14H9Br.C14H9.C11H18O4.BrH.Mg/c1-63(2)39-61(64(66,57-35-41-19-3-7-23-45(41)49-27-11-15-31-53(49)57)58-36-42-20-4-8-24-46(42)50-28-12-16-32-54(50)58)62(40-63)65(67,59-37-43-21-5-9-25-47(43)51-29-13-17-33-55(51)59)60-38-44-22-6-10-26-48(44)52-30-14-18-34-56(52)60;15-14-9-10-5-1-2-6-11(10)12-7-3-4-8-13(12)14;1-3-7-13-11(5-1)9-10-12-6-2-4-8-14(12)13;1-11(2)5-7(9(12)14-3)8(6-11)10(13)15-4;;/h3-38,61-62,66-67H,39-40H2,1-2H3;1-9H;1-9H;7-8H,5-6H2,1-4H3;1H;/q;;-1;;;+2/p-1/t61-,62-;;;7-,8-;;/m1..1../s1. The largest absolute Gasteiger partial charge is 2.00 e. The van der Waals surface area contributed by atoms with Crippen LogP contribution in [-0.2, 0) is 30.3 Å². The van der Waals surface area contributed by atoms with E-state index in [-0.39, 0.29) is 74.6 Å². The van der Waals surface area contributed by atoms with Crippen molar-refractivity contribution in [3.63, 3.8) is 0 Å². The predicted molar refractivity (Wildman–Crippen MR) is 471 cm³/mol. The molecule has 20 rings (SSSR count). The molecule has 0 bridgehead atoms. The van der Waals surface area contributed by atoms with E-state index in [0.29, 0.717) is 25.7 Å². The zero-order valence-corrected chi connectivity index (χ0v) is 68.9. The van der Waals surface area contributed by atoms with Gasteiger partial charge in [-0.2, -0.15) is 0 Å². The van der Waals surface area contributed by atoms with Crippen LogP contribution in [0.5, 0.6) is 0 Å². The molecule has 2 aliphatic rings. The van der Waals surface area contributed by atoms with Crippen molar-refractivity contribution in [3.8, 4) is 0 Å². The zero-order valence-electron chi connectivity index (χ0n) is 64.3. The average Bonchev–Trinajstić information content (AvgIpc) is 1.68.